The fraction of sp³-hybridized carbons (Fsp3) is 0.154. The van der Waals surface area contributed by atoms with Crippen LogP contribution in [0.15, 0.2) is 45.3 Å². The van der Waals surface area contributed by atoms with E-state index in [9.17, 15) is 14.9 Å². The molecule has 0 fully saturated rings. The van der Waals surface area contributed by atoms with E-state index in [0.29, 0.717) is 17.7 Å². The van der Waals surface area contributed by atoms with Gasteiger partial charge in [-0.1, -0.05) is 28.1 Å². The maximum Gasteiger partial charge on any atom is 0.433 e. The van der Waals surface area contributed by atoms with Crippen molar-refractivity contribution in [2.24, 2.45) is 0 Å². The average Bonchev–Trinajstić information content (AvgIpc) is 2.85. The molecule has 0 spiro atoms. The molecule has 5 nitrogen and oxygen atoms in total. The van der Waals surface area contributed by atoms with Gasteiger partial charge in [-0.15, -0.1) is 0 Å². The van der Waals surface area contributed by atoms with E-state index in [1.165, 1.54) is 12.1 Å². The number of carbonyl (C=O) groups excluding carboxylic acids is 1. The Morgan fingerprint density at radius 3 is 2.74 bits per heavy atom. The highest BCUT2D eigenvalue weighted by Gasteiger charge is 2.13. The molecule has 0 saturated heterocycles. The predicted octanol–water partition coefficient (Wildman–Crippen LogP) is 3.77. The zero-order valence-corrected chi connectivity index (χ0v) is 11.4. The molecule has 98 valence electrons. The van der Waals surface area contributed by atoms with Crippen molar-refractivity contribution in [3.8, 4) is 0 Å². The van der Waals surface area contributed by atoms with E-state index in [4.69, 9.17) is 4.42 Å². The molecule has 0 radical (unpaired) electrons. The van der Waals surface area contributed by atoms with Gasteiger partial charge in [0.05, 0.1) is 6.07 Å². The maximum atomic E-state index is 11.9. The van der Waals surface area contributed by atoms with Crippen LogP contribution < -0.4 is 0 Å². The minimum absolute atomic E-state index is 0.0275. The fourth-order valence-electron chi connectivity index (χ4n) is 1.64. The Labute approximate surface area is 117 Å². The summed E-state index contributed by atoms with van der Waals surface area (Å²) in [5.41, 5.74) is 0.607. The quantitative estimate of drug-likeness (QED) is 0.477. The molecule has 0 aliphatic rings. The van der Waals surface area contributed by atoms with Crippen LogP contribution in [-0.2, 0) is 6.42 Å². The molecule has 1 aromatic heterocycles. The highest BCUT2D eigenvalue weighted by atomic mass is 79.9. The number of hydrogen-bond donors (Lipinski definition) is 0. The van der Waals surface area contributed by atoms with Gasteiger partial charge in [-0.05, 0) is 18.2 Å². The molecule has 19 heavy (non-hydrogen) atoms. The zero-order valence-electron chi connectivity index (χ0n) is 9.84. The summed E-state index contributed by atoms with van der Waals surface area (Å²) in [4.78, 5) is 21.8. The van der Waals surface area contributed by atoms with Crippen molar-refractivity contribution in [2.45, 2.75) is 12.8 Å². The molecule has 2 rings (SSSR count). The summed E-state index contributed by atoms with van der Waals surface area (Å²) < 4.78 is 5.83. The first-order valence-electron chi connectivity index (χ1n) is 5.58. The molecule has 0 bridgehead atoms. The monoisotopic (exact) mass is 323 g/mol. The van der Waals surface area contributed by atoms with Crippen LogP contribution in [0.5, 0.6) is 0 Å². The number of ketones is 1. The van der Waals surface area contributed by atoms with Gasteiger partial charge in [0.2, 0.25) is 0 Å². The molecular weight excluding hydrogens is 314 g/mol. The van der Waals surface area contributed by atoms with E-state index in [1.54, 1.807) is 18.2 Å². The summed E-state index contributed by atoms with van der Waals surface area (Å²) in [5.74, 6) is 0.111. The lowest BCUT2D eigenvalue weighted by Gasteiger charge is -2.00. The second-order valence-electron chi connectivity index (χ2n) is 3.93. The molecule has 0 aliphatic heterocycles. The molecular formula is C13H10BrNO4. The topological polar surface area (TPSA) is 73.3 Å². The van der Waals surface area contributed by atoms with Crippen LogP contribution in [0.3, 0.4) is 0 Å². The van der Waals surface area contributed by atoms with Gasteiger partial charge in [-0.3, -0.25) is 14.9 Å². The number of aryl methyl sites for hydroxylation is 1. The van der Waals surface area contributed by atoms with Gasteiger partial charge in [-0.25, -0.2) is 0 Å². The molecule has 0 atom stereocenters. The first kappa shape index (κ1) is 13.5. The Morgan fingerprint density at radius 2 is 2.11 bits per heavy atom. The number of carbonyl (C=O) groups is 1. The van der Waals surface area contributed by atoms with E-state index >= 15 is 0 Å². The molecule has 0 saturated carbocycles. The Kier molecular flexibility index (Phi) is 4.11. The number of benzene rings is 1. The normalized spacial score (nSPS) is 10.4. The highest BCUT2D eigenvalue weighted by molar-refractivity contribution is 9.10. The van der Waals surface area contributed by atoms with Crippen LogP contribution in [0.1, 0.15) is 22.5 Å². The Morgan fingerprint density at radius 1 is 1.32 bits per heavy atom. The number of hydrogen-bond acceptors (Lipinski definition) is 4. The molecule has 0 unspecified atom stereocenters. The number of rotatable bonds is 5. The lowest BCUT2D eigenvalue weighted by Crippen LogP contribution is -2.00. The first-order chi connectivity index (χ1) is 9.06. The van der Waals surface area contributed by atoms with Crippen molar-refractivity contribution in [1.29, 1.82) is 0 Å². The number of nitrogens with zero attached hydrogens (tertiary/aromatic N) is 1. The van der Waals surface area contributed by atoms with Crippen molar-refractivity contribution in [1.82, 2.24) is 0 Å². The van der Waals surface area contributed by atoms with E-state index in [1.807, 2.05) is 6.07 Å². The lowest BCUT2D eigenvalue weighted by molar-refractivity contribution is -0.402. The number of furan rings is 1. The third-order valence-corrected chi connectivity index (χ3v) is 3.07. The molecule has 0 amide bonds. The Balaban J connectivity index is 1.98. The van der Waals surface area contributed by atoms with Gasteiger partial charge in [0.15, 0.2) is 5.78 Å². The molecule has 2 aromatic rings. The molecule has 1 aromatic carbocycles. The first-order valence-corrected chi connectivity index (χ1v) is 6.37. The van der Waals surface area contributed by atoms with Crippen LogP contribution in [0.2, 0.25) is 0 Å². The van der Waals surface area contributed by atoms with Crippen LogP contribution >= 0.6 is 15.9 Å². The number of halogens is 1. The van der Waals surface area contributed by atoms with Gasteiger partial charge in [0, 0.05) is 22.9 Å². The number of Topliss-reactive ketones (excluding diaryl/α,β-unsaturated/α-hetero) is 1. The van der Waals surface area contributed by atoms with E-state index in [-0.39, 0.29) is 18.1 Å². The van der Waals surface area contributed by atoms with Gasteiger partial charge in [0.25, 0.3) is 0 Å². The molecule has 0 N–H and O–H groups in total. The van der Waals surface area contributed by atoms with Gasteiger partial charge < -0.3 is 4.42 Å². The van der Waals surface area contributed by atoms with Crippen molar-refractivity contribution in [3.63, 3.8) is 0 Å². The summed E-state index contributed by atoms with van der Waals surface area (Å²) >= 11 is 3.30. The van der Waals surface area contributed by atoms with Crippen LogP contribution in [-0.4, -0.2) is 10.7 Å². The average molecular weight is 324 g/mol. The maximum absolute atomic E-state index is 11.9. The standard InChI is InChI=1S/C13H10BrNO4/c14-10-3-1-2-9(8-10)12(16)6-4-11-5-7-13(19-11)15(17)18/h1-3,5,7-8H,4,6H2. The number of nitro groups is 1. The van der Waals surface area contributed by atoms with Gasteiger partial charge in [-0.2, -0.15) is 0 Å². The highest BCUT2D eigenvalue weighted by Crippen LogP contribution is 2.18. The summed E-state index contributed by atoms with van der Waals surface area (Å²) in [6, 6.07) is 9.91. The summed E-state index contributed by atoms with van der Waals surface area (Å²) in [5, 5.41) is 10.5. The fourth-order valence-corrected chi connectivity index (χ4v) is 2.04. The summed E-state index contributed by atoms with van der Waals surface area (Å²) in [6.07, 6.45) is 0.598. The van der Waals surface area contributed by atoms with E-state index in [0.717, 1.165) is 4.47 Å². The van der Waals surface area contributed by atoms with Gasteiger partial charge >= 0.3 is 5.88 Å². The molecule has 6 heteroatoms. The Bertz CT molecular complexity index is 621. The summed E-state index contributed by atoms with van der Waals surface area (Å²) in [6.45, 7) is 0. The van der Waals surface area contributed by atoms with Crippen molar-refractivity contribution in [3.05, 3.63) is 62.3 Å². The van der Waals surface area contributed by atoms with Crippen LogP contribution in [0, 0.1) is 10.1 Å². The third-order valence-electron chi connectivity index (χ3n) is 2.57. The second kappa shape index (κ2) is 5.79. The van der Waals surface area contributed by atoms with Crippen molar-refractivity contribution >= 4 is 27.6 Å². The minimum atomic E-state index is -0.598. The van der Waals surface area contributed by atoms with E-state index in [2.05, 4.69) is 15.9 Å². The molecule has 1 heterocycles. The lowest BCUT2D eigenvalue weighted by atomic mass is 10.1. The molecule has 0 aliphatic carbocycles. The smallest absolute Gasteiger partial charge is 0.406 e. The van der Waals surface area contributed by atoms with Gasteiger partial charge in [0.1, 0.15) is 10.7 Å². The second-order valence-corrected chi connectivity index (χ2v) is 4.85. The predicted molar refractivity (Wildman–Crippen MR) is 72.2 cm³/mol. The SMILES string of the molecule is O=C(CCc1ccc([N+](=O)[O-])o1)c1cccc(Br)c1. The van der Waals surface area contributed by atoms with Crippen LogP contribution in [0.4, 0.5) is 5.88 Å². The van der Waals surface area contributed by atoms with Crippen LogP contribution in [0.25, 0.3) is 0 Å². The minimum Gasteiger partial charge on any atom is -0.406 e. The summed E-state index contributed by atoms with van der Waals surface area (Å²) in [7, 11) is 0. The van der Waals surface area contributed by atoms with E-state index < -0.39 is 4.92 Å². The largest absolute Gasteiger partial charge is 0.433 e. The van der Waals surface area contributed by atoms with Crippen molar-refractivity contribution < 1.29 is 14.1 Å². The Hall–Kier alpha value is -1.95. The van der Waals surface area contributed by atoms with Crippen molar-refractivity contribution in [2.75, 3.05) is 0 Å². The zero-order chi connectivity index (χ0) is 13.8. The third kappa shape index (κ3) is 3.51.